The number of cyclic esters (lactones) is 1. The molecule has 2 unspecified atom stereocenters. The van der Waals surface area contributed by atoms with Gasteiger partial charge < -0.3 is 4.74 Å². The summed E-state index contributed by atoms with van der Waals surface area (Å²) < 4.78 is 5.41. The van der Waals surface area contributed by atoms with Crippen molar-refractivity contribution in [1.29, 1.82) is 0 Å². The summed E-state index contributed by atoms with van der Waals surface area (Å²) in [5.74, 6) is -0.708. The van der Waals surface area contributed by atoms with Gasteiger partial charge in [0.15, 0.2) is 5.78 Å². The van der Waals surface area contributed by atoms with Gasteiger partial charge in [0.05, 0.1) is 0 Å². The Morgan fingerprint density at radius 1 is 0.731 bits per heavy atom. The smallest absolute Gasteiger partial charge is 0.316 e. The molecule has 0 spiro atoms. The van der Waals surface area contributed by atoms with Crippen LogP contribution in [0.2, 0.25) is 0 Å². The van der Waals surface area contributed by atoms with Crippen LogP contribution >= 0.6 is 0 Å². The van der Waals surface area contributed by atoms with Gasteiger partial charge in [0, 0.05) is 6.42 Å². The van der Waals surface area contributed by atoms with Crippen molar-refractivity contribution in [2.75, 3.05) is 0 Å². The summed E-state index contributed by atoms with van der Waals surface area (Å²) in [5, 5.41) is 0. The molecule has 0 aliphatic carbocycles. The molecule has 0 bridgehead atoms. The topological polar surface area (TPSA) is 43.4 Å². The van der Waals surface area contributed by atoms with E-state index < -0.39 is 5.92 Å². The Morgan fingerprint density at radius 2 is 1.19 bits per heavy atom. The first-order chi connectivity index (χ1) is 12.7. The molecular formula is C23H42O3. The third-order valence-electron chi connectivity index (χ3n) is 5.67. The molecule has 0 amide bonds. The first-order valence-electron chi connectivity index (χ1n) is 11.4. The average Bonchev–Trinajstić information content (AvgIpc) is 2.62. The maximum Gasteiger partial charge on any atom is 0.316 e. The fraction of sp³-hybridized carbons (Fsp3) is 0.913. The lowest BCUT2D eigenvalue weighted by molar-refractivity contribution is -0.165. The van der Waals surface area contributed by atoms with E-state index in [0.717, 1.165) is 12.8 Å². The van der Waals surface area contributed by atoms with E-state index >= 15 is 0 Å². The molecule has 0 aromatic rings. The van der Waals surface area contributed by atoms with Crippen LogP contribution in [-0.2, 0) is 14.3 Å². The minimum absolute atomic E-state index is 0.0825. The van der Waals surface area contributed by atoms with Crippen molar-refractivity contribution < 1.29 is 14.3 Å². The second-order valence-corrected chi connectivity index (χ2v) is 8.08. The highest BCUT2D eigenvalue weighted by Crippen LogP contribution is 2.23. The number of rotatable bonds is 16. The van der Waals surface area contributed by atoms with Gasteiger partial charge >= 0.3 is 5.97 Å². The molecule has 1 rings (SSSR count). The predicted octanol–water partition coefficient (Wildman–Crippen LogP) is 6.77. The molecule has 0 aromatic carbocycles. The van der Waals surface area contributed by atoms with Crippen LogP contribution < -0.4 is 0 Å². The van der Waals surface area contributed by atoms with Crippen LogP contribution in [0.3, 0.4) is 0 Å². The van der Waals surface area contributed by atoms with E-state index in [4.69, 9.17) is 4.74 Å². The van der Waals surface area contributed by atoms with Crippen LogP contribution in [0.15, 0.2) is 0 Å². The number of unbranched alkanes of at least 4 members (excludes halogenated alkanes) is 13. The highest BCUT2D eigenvalue weighted by Gasteiger charge is 2.35. The minimum Gasteiger partial charge on any atom is -0.461 e. The van der Waals surface area contributed by atoms with Gasteiger partial charge in [-0.1, -0.05) is 97.3 Å². The van der Waals surface area contributed by atoms with Gasteiger partial charge in [-0.25, -0.2) is 0 Å². The molecule has 1 fully saturated rings. The van der Waals surface area contributed by atoms with Crippen molar-refractivity contribution in [2.45, 2.75) is 129 Å². The number of hydrogen-bond donors (Lipinski definition) is 0. The lowest BCUT2D eigenvalue weighted by atomic mass is 9.92. The summed E-state index contributed by atoms with van der Waals surface area (Å²) >= 11 is 0. The van der Waals surface area contributed by atoms with E-state index in [1.165, 1.54) is 83.5 Å². The van der Waals surface area contributed by atoms with E-state index in [1.807, 2.05) is 6.92 Å². The van der Waals surface area contributed by atoms with Crippen LogP contribution in [0.4, 0.5) is 0 Å². The predicted molar refractivity (Wildman–Crippen MR) is 108 cm³/mol. The van der Waals surface area contributed by atoms with Gasteiger partial charge in [0.1, 0.15) is 12.0 Å². The highest BCUT2D eigenvalue weighted by atomic mass is 16.5. The number of esters is 1. The van der Waals surface area contributed by atoms with Crippen molar-refractivity contribution >= 4 is 11.8 Å². The van der Waals surface area contributed by atoms with Crippen LogP contribution in [-0.4, -0.2) is 17.9 Å². The quantitative estimate of drug-likeness (QED) is 0.172. The zero-order valence-electron chi connectivity index (χ0n) is 17.4. The van der Waals surface area contributed by atoms with Crippen LogP contribution in [0.5, 0.6) is 0 Å². The van der Waals surface area contributed by atoms with Crippen molar-refractivity contribution in [3.05, 3.63) is 0 Å². The van der Waals surface area contributed by atoms with Gasteiger partial charge in [-0.05, 0) is 19.3 Å². The Balaban J connectivity index is 1.85. The SMILES string of the molecule is CCCCCCCCCCCCCCCCC1CC(=O)C(CC)C(=O)O1. The Bertz CT molecular complexity index is 360. The van der Waals surface area contributed by atoms with Gasteiger partial charge in [-0.15, -0.1) is 0 Å². The lowest BCUT2D eigenvalue weighted by Crippen LogP contribution is -2.37. The fourth-order valence-electron chi connectivity index (χ4n) is 3.91. The van der Waals surface area contributed by atoms with Gasteiger partial charge in [-0.2, -0.15) is 0 Å². The van der Waals surface area contributed by atoms with Gasteiger partial charge in [-0.3, -0.25) is 9.59 Å². The molecule has 1 aliphatic rings. The fourth-order valence-corrected chi connectivity index (χ4v) is 3.91. The summed E-state index contributed by atoms with van der Waals surface area (Å²) in [5.41, 5.74) is 0. The van der Waals surface area contributed by atoms with Crippen LogP contribution in [0.1, 0.15) is 123 Å². The molecule has 3 nitrogen and oxygen atoms in total. The molecule has 1 saturated heterocycles. The van der Waals surface area contributed by atoms with Gasteiger partial charge in [0.2, 0.25) is 0 Å². The normalized spacial score (nSPS) is 20.4. The van der Waals surface area contributed by atoms with Crippen molar-refractivity contribution in [2.24, 2.45) is 5.92 Å². The monoisotopic (exact) mass is 366 g/mol. The second kappa shape index (κ2) is 15.2. The average molecular weight is 367 g/mol. The van der Waals surface area contributed by atoms with E-state index in [1.54, 1.807) is 0 Å². The summed E-state index contributed by atoms with van der Waals surface area (Å²) in [6.45, 7) is 4.14. The molecule has 1 aliphatic heterocycles. The largest absolute Gasteiger partial charge is 0.461 e. The van der Waals surface area contributed by atoms with E-state index in [0.29, 0.717) is 12.8 Å². The summed E-state index contributed by atoms with van der Waals surface area (Å²) in [6, 6.07) is 0. The molecule has 2 atom stereocenters. The summed E-state index contributed by atoms with van der Waals surface area (Å²) in [4.78, 5) is 23.6. The number of hydrogen-bond acceptors (Lipinski definition) is 3. The van der Waals surface area contributed by atoms with Crippen LogP contribution in [0.25, 0.3) is 0 Å². The number of ether oxygens (including phenoxy) is 1. The summed E-state index contributed by atoms with van der Waals surface area (Å²) in [6.07, 6.45) is 20.5. The lowest BCUT2D eigenvalue weighted by Gasteiger charge is -2.26. The molecular weight excluding hydrogens is 324 g/mol. The number of carbonyl (C=O) groups excluding carboxylic acids is 2. The molecule has 1 heterocycles. The Kier molecular flexibility index (Phi) is 13.6. The summed E-state index contributed by atoms with van der Waals surface area (Å²) in [7, 11) is 0. The maximum atomic E-state index is 11.9. The Morgan fingerprint density at radius 3 is 1.62 bits per heavy atom. The molecule has 0 radical (unpaired) electrons. The van der Waals surface area contributed by atoms with Crippen molar-refractivity contribution in [3.8, 4) is 0 Å². The number of ketones is 1. The third kappa shape index (κ3) is 10.3. The molecule has 152 valence electrons. The molecule has 26 heavy (non-hydrogen) atoms. The first-order valence-corrected chi connectivity index (χ1v) is 11.4. The zero-order valence-corrected chi connectivity index (χ0v) is 17.4. The Labute approximate surface area is 161 Å². The minimum atomic E-state index is -0.498. The second-order valence-electron chi connectivity index (χ2n) is 8.08. The molecule has 0 saturated carbocycles. The van der Waals surface area contributed by atoms with Gasteiger partial charge in [0.25, 0.3) is 0 Å². The van der Waals surface area contributed by atoms with Crippen molar-refractivity contribution in [3.63, 3.8) is 0 Å². The maximum absolute atomic E-state index is 11.9. The third-order valence-corrected chi connectivity index (χ3v) is 5.67. The van der Waals surface area contributed by atoms with Crippen LogP contribution in [0, 0.1) is 5.92 Å². The van der Waals surface area contributed by atoms with E-state index in [2.05, 4.69) is 6.92 Å². The van der Waals surface area contributed by atoms with E-state index in [9.17, 15) is 9.59 Å². The first kappa shape index (κ1) is 23.2. The van der Waals surface area contributed by atoms with E-state index in [-0.39, 0.29) is 17.9 Å². The molecule has 0 N–H and O–H groups in total. The number of carbonyl (C=O) groups is 2. The standard InChI is InChI=1S/C23H42O3/c1-3-5-6-7-8-9-10-11-12-13-14-15-16-17-18-20-19-22(24)21(4-2)23(25)26-20/h20-21H,3-19H2,1-2H3. The Hall–Kier alpha value is -0.860. The number of Topliss-reactive ketones (excluding diaryl/α,β-unsaturated/α-hetero) is 1. The highest BCUT2D eigenvalue weighted by molar-refractivity contribution is 6.00. The molecule has 0 aromatic heterocycles. The zero-order chi connectivity index (χ0) is 19.0. The van der Waals surface area contributed by atoms with Crippen molar-refractivity contribution in [1.82, 2.24) is 0 Å². The molecule has 3 heteroatoms.